The molecule has 1 aliphatic rings. The number of alkyl halides is 1. The Hall–Kier alpha value is -3.00. The van der Waals surface area contributed by atoms with E-state index in [1.54, 1.807) is 35.5 Å². The summed E-state index contributed by atoms with van der Waals surface area (Å²) in [6, 6.07) is 6.16. The van der Waals surface area contributed by atoms with Gasteiger partial charge >= 0.3 is 0 Å². The smallest absolute Gasteiger partial charge is 0.256 e. The Balaban J connectivity index is 1.48. The van der Waals surface area contributed by atoms with Crippen LogP contribution in [-0.2, 0) is 6.42 Å². The molecule has 3 aromatic heterocycles. The first-order valence-corrected chi connectivity index (χ1v) is 9.82. The van der Waals surface area contributed by atoms with E-state index in [9.17, 15) is 9.18 Å². The third kappa shape index (κ3) is 4.28. The molecule has 0 aromatic carbocycles. The van der Waals surface area contributed by atoms with Crippen LogP contribution in [0, 0.1) is 5.82 Å². The fraction of sp³-hybridized carbons (Fsp3) is 0.286. The Morgan fingerprint density at radius 1 is 1.17 bits per heavy atom. The monoisotopic (exact) mass is 429 g/mol. The second-order valence-electron chi connectivity index (χ2n) is 7.20. The number of rotatable bonds is 4. The van der Waals surface area contributed by atoms with Gasteiger partial charge in [-0.15, -0.1) is 0 Å². The van der Waals surface area contributed by atoms with Gasteiger partial charge in [0.1, 0.15) is 23.5 Å². The molecule has 0 atom stereocenters. The maximum absolute atomic E-state index is 15.3. The van der Waals surface area contributed by atoms with Crippen LogP contribution in [-0.4, -0.2) is 49.5 Å². The number of pyridine rings is 2. The largest absolute Gasteiger partial charge is 0.338 e. The first-order valence-electron chi connectivity index (χ1n) is 9.45. The summed E-state index contributed by atoms with van der Waals surface area (Å²) in [5.74, 6) is -0.863. The number of aromatic nitrogens is 4. The van der Waals surface area contributed by atoms with Crippen LogP contribution in [0.15, 0.2) is 49.2 Å². The van der Waals surface area contributed by atoms with Crippen molar-refractivity contribution in [1.29, 1.82) is 0 Å². The molecule has 1 saturated heterocycles. The van der Waals surface area contributed by atoms with Crippen molar-refractivity contribution >= 4 is 17.5 Å². The summed E-state index contributed by atoms with van der Waals surface area (Å²) in [6.07, 6.45) is 5.88. The number of carbonyl (C=O) groups excluding carboxylic acids is 1. The number of amides is 1. The van der Waals surface area contributed by atoms with E-state index in [2.05, 4.69) is 19.9 Å². The van der Waals surface area contributed by atoms with Crippen LogP contribution in [0.5, 0.6) is 0 Å². The van der Waals surface area contributed by atoms with Crippen molar-refractivity contribution in [2.24, 2.45) is 0 Å². The molecule has 4 rings (SSSR count). The molecule has 3 aromatic rings. The Kier molecular flexibility index (Phi) is 5.67. The third-order valence-electron chi connectivity index (χ3n) is 5.18. The Morgan fingerprint density at radius 3 is 2.67 bits per heavy atom. The summed E-state index contributed by atoms with van der Waals surface area (Å²) in [5.41, 5.74) is -0.208. The standard InChI is InChI=1S/C21H18ClF2N5O/c22-14-10-16(23)18(27-12-14)11-21(24)4-8-29(9-5-21)20(30)15-2-1-6-26-19(15)17-3-7-25-13-28-17/h1-3,6-7,10,12-13H,4-5,8-9,11H2. The molecule has 0 spiro atoms. The van der Waals surface area contributed by atoms with E-state index in [4.69, 9.17) is 11.6 Å². The average molecular weight is 430 g/mol. The van der Waals surface area contributed by atoms with Crippen LogP contribution in [0.2, 0.25) is 5.02 Å². The highest BCUT2D eigenvalue weighted by Crippen LogP contribution is 2.32. The molecule has 154 valence electrons. The number of hydrogen-bond donors (Lipinski definition) is 0. The number of halogens is 3. The molecule has 0 bridgehead atoms. The lowest BCUT2D eigenvalue weighted by Gasteiger charge is -2.36. The molecule has 0 saturated carbocycles. The number of carbonyl (C=O) groups is 1. The van der Waals surface area contributed by atoms with E-state index in [1.165, 1.54) is 12.5 Å². The summed E-state index contributed by atoms with van der Waals surface area (Å²) in [6.45, 7) is 0.422. The van der Waals surface area contributed by atoms with Gasteiger partial charge in [0.25, 0.3) is 5.91 Å². The van der Waals surface area contributed by atoms with Crippen molar-refractivity contribution in [2.45, 2.75) is 24.9 Å². The number of hydrogen-bond acceptors (Lipinski definition) is 5. The van der Waals surface area contributed by atoms with E-state index < -0.39 is 11.5 Å². The average Bonchev–Trinajstić information content (AvgIpc) is 2.76. The minimum atomic E-state index is -1.64. The lowest BCUT2D eigenvalue weighted by molar-refractivity contribution is 0.0430. The van der Waals surface area contributed by atoms with Crippen LogP contribution in [0.3, 0.4) is 0 Å². The molecular weight excluding hydrogens is 412 g/mol. The summed E-state index contributed by atoms with van der Waals surface area (Å²) >= 11 is 5.71. The minimum absolute atomic E-state index is 0.0417. The molecule has 0 unspecified atom stereocenters. The maximum atomic E-state index is 15.3. The molecule has 0 radical (unpaired) electrons. The predicted molar refractivity (Wildman–Crippen MR) is 107 cm³/mol. The van der Waals surface area contributed by atoms with Gasteiger partial charge in [-0.1, -0.05) is 11.6 Å². The van der Waals surface area contributed by atoms with Gasteiger partial charge in [0.2, 0.25) is 0 Å². The van der Waals surface area contributed by atoms with E-state index >= 15 is 4.39 Å². The van der Waals surface area contributed by atoms with Gasteiger partial charge in [-0.3, -0.25) is 14.8 Å². The minimum Gasteiger partial charge on any atom is -0.338 e. The molecule has 9 heteroatoms. The van der Waals surface area contributed by atoms with Crippen molar-refractivity contribution < 1.29 is 13.6 Å². The molecule has 1 fully saturated rings. The van der Waals surface area contributed by atoms with Crippen molar-refractivity contribution in [3.63, 3.8) is 0 Å². The number of nitrogens with zero attached hydrogens (tertiary/aromatic N) is 5. The van der Waals surface area contributed by atoms with Gasteiger partial charge in [0.05, 0.1) is 22.0 Å². The van der Waals surface area contributed by atoms with E-state index in [-0.39, 0.29) is 49.0 Å². The highest BCUT2D eigenvalue weighted by Gasteiger charge is 2.38. The topological polar surface area (TPSA) is 71.9 Å². The zero-order chi connectivity index (χ0) is 21.1. The summed E-state index contributed by atoms with van der Waals surface area (Å²) in [7, 11) is 0. The zero-order valence-electron chi connectivity index (χ0n) is 15.9. The van der Waals surface area contributed by atoms with Crippen LogP contribution in [0.1, 0.15) is 28.9 Å². The molecule has 0 N–H and O–H groups in total. The van der Waals surface area contributed by atoms with Crippen LogP contribution in [0.25, 0.3) is 11.4 Å². The normalized spacial score (nSPS) is 15.8. The Morgan fingerprint density at radius 2 is 1.97 bits per heavy atom. The van der Waals surface area contributed by atoms with Crippen LogP contribution < -0.4 is 0 Å². The van der Waals surface area contributed by atoms with Gasteiger partial charge in [0, 0.05) is 38.1 Å². The van der Waals surface area contributed by atoms with Gasteiger partial charge < -0.3 is 4.90 Å². The van der Waals surface area contributed by atoms with Crippen LogP contribution >= 0.6 is 11.6 Å². The first-order chi connectivity index (χ1) is 14.5. The summed E-state index contributed by atoms with van der Waals surface area (Å²) < 4.78 is 29.3. The van der Waals surface area contributed by atoms with Crippen molar-refractivity contribution in [3.8, 4) is 11.4 Å². The number of likely N-dealkylation sites (tertiary alicyclic amines) is 1. The molecule has 1 aliphatic heterocycles. The second kappa shape index (κ2) is 8.39. The predicted octanol–water partition coefficient (Wildman–Crippen LogP) is 3.91. The van der Waals surface area contributed by atoms with Gasteiger partial charge in [-0.25, -0.2) is 18.7 Å². The fourth-order valence-electron chi connectivity index (χ4n) is 3.54. The lowest BCUT2D eigenvalue weighted by atomic mass is 9.88. The molecule has 0 aliphatic carbocycles. The Labute approximate surface area is 177 Å². The van der Waals surface area contributed by atoms with Gasteiger partial charge in [0.15, 0.2) is 0 Å². The van der Waals surface area contributed by atoms with Crippen molar-refractivity contribution in [3.05, 3.63) is 71.3 Å². The second-order valence-corrected chi connectivity index (χ2v) is 7.63. The fourth-order valence-corrected chi connectivity index (χ4v) is 3.69. The van der Waals surface area contributed by atoms with Gasteiger partial charge in [-0.2, -0.15) is 0 Å². The maximum Gasteiger partial charge on any atom is 0.256 e. The molecule has 30 heavy (non-hydrogen) atoms. The third-order valence-corrected chi connectivity index (χ3v) is 5.38. The SMILES string of the molecule is O=C(c1cccnc1-c1ccncn1)N1CCC(F)(Cc2ncc(Cl)cc2F)CC1. The van der Waals surface area contributed by atoms with Gasteiger partial charge in [-0.05, 0) is 37.1 Å². The van der Waals surface area contributed by atoms with Crippen molar-refractivity contribution in [2.75, 3.05) is 13.1 Å². The van der Waals surface area contributed by atoms with E-state index in [0.717, 1.165) is 6.07 Å². The van der Waals surface area contributed by atoms with Crippen molar-refractivity contribution in [1.82, 2.24) is 24.8 Å². The highest BCUT2D eigenvalue weighted by molar-refractivity contribution is 6.30. The molecule has 1 amide bonds. The lowest BCUT2D eigenvalue weighted by Crippen LogP contribution is -2.45. The molecule has 4 heterocycles. The van der Waals surface area contributed by atoms with E-state index in [0.29, 0.717) is 17.0 Å². The molecular formula is C21H18ClF2N5O. The number of piperidine rings is 1. The van der Waals surface area contributed by atoms with E-state index in [1.807, 2.05) is 0 Å². The summed E-state index contributed by atoms with van der Waals surface area (Å²) in [4.78, 5) is 30.9. The quantitative estimate of drug-likeness (QED) is 0.628. The summed E-state index contributed by atoms with van der Waals surface area (Å²) in [5, 5.41) is 0.167. The van der Waals surface area contributed by atoms with Crippen LogP contribution in [0.4, 0.5) is 8.78 Å². The highest BCUT2D eigenvalue weighted by atomic mass is 35.5. The molecule has 6 nitrogen and oxygen atoms in total. The zero-order valence-corrected chi connectivity index (χ0v) is 16.7. The first kappa shape index (κ1) is 20.3. The Bertz CT molecular complexity index is 1060.